The van der Waals surface area contributed by atoms with Gasteiger partial charge in [0.15, 0.2) is 11.5 Å². The predicted octanol–water partition coefficient (Wildman–Crippen LogP) is 4.99. The Bertz CT molecular complexity index is 1000. The number of fused-ring (bicyclic) bond motifs is 1. The number of ether oxygens (including phenoxy) is 2. The lowest BCUT2D eigenvalue weighted by molar-refractivity contribution is -0.141. The Labute approximate surface area is 198 Å². The third-order valence-corrected chi connectivity index (χ3v) is 5.81. The predicted molar refractivity (Wildman–Crippen MR) is 125 cm³/mol. The number of benzene rings is 2. The maximum absolute atomic E-state index is 13.2. The van der Waals surface area contributed by atoms with Gasteiger partial charge >= 0.3 is 0 Å². The fraction of sp³-hybridized carbons (Fsp3) is 0.417. The van der Waals surface area contributed by atoms with Gasteiger partial charge in [-0.15, -0.1) is 0 Å². The average molecular weight is 479 g/mol. The van der Waals surface area contributed by atoms with Gasteiger partial charge in [0.05, 0.1) is 10.0 Å². The molecule has 2 amide bonds. The number of carbonyl (C=O) groups excluding carboxylic acids is 2. The lowest BCUT2D eigenvalue weighted by Gasteiger charge is -2.31. The lowest BCUT2D eigenvalue weighted by Crippen LogP contribution is -2.52. The minimum absolute atomic E-state index is 0.134. The van der Waals surface area contributed by atoms with E-state index in [-0.39, 0.29) is 31.6 Å². The van der Waals surface area contributed by atoms with E-state index in [1.807, 2.05) is 39.0 Å². The molecule has 1 heterocycles. The summed E-state index contributed by atoms with van der Waals surface area (Å²) in [6.07, 6.45) is 0.759. The van der Waals surface area contributed by atoms with Gasteiger partial charge in [0.2, 0.25) is 18.6 Å². The van der Waals surface area contributed by atoms with Gasteiger partial charge in [-0.3, -0.25) is 9.59 Å². The Morgan fingerprint density at radius 3 is 2.41 bits per heavy atom. The standard InChI is InChI=1S/C24H28Cl2N2O4/c1-15(23(30)27-24(2,3)4)28(13-17-5-8-18(25)19(26)11-17)22(29)10-7-16-6-9-20-21(12-16)32-14-31-20/h5-6,8-9,11-12,15H,7,10,13-14H2,1-4H3,(H,27,30)/t15-/m1/s1. The van der Waals surface area contributed by atoms with Crippen LogP contribution in [0.2, 0.25) is 10.0 Å². The molecule has 2 aromatic rings. The summed E-state index contributed by atoms with van der Waals surface area (Å²) in [6.45, 7) is 7.90. The van der Waals surface area contributed by atoms with Crippen molar-refractivity contribution >= 4 is 35.0 Å². The summed E-state index contributed by atoms with van der Waals surface area (Å²) in [4.78, 5) is 27.7. The van der Waals surface area contributed by atoms with E-state index < -0.39 is 11.6 Å². The minimum Gasteiger partial charge on any atom is -0.454 e. The zero-order valence-corrected chi connectivity index (χ0v) is 20.2. The molecule has 0 radical (unpaired) electrons. The Hall–Kier alpha value is -2.44. The first-order chi connectivity index (χ1) is 15.0. The lowest BCUT2D eigenvalue weighted by atomic mass is 10.1. The number of hydrogen-bond donors (Lipinski definition) is 1. The smallest absolute Gasteiger partial charge is 0.242 e. The van der Waals surface area contributed by atoms with Crippen LogP contribution < -0.4 is 14.8 Å². The van der Waals surface area contributed by atoms with Crippen LogP contribution in [0.15, 0.2) is 36.4 Å². The van der Waals surface area contributed by atoms with Gasteiger partial charge in [0, 0.05) is 18.5 Å². The molecule has 1 atom stereocenters. The van der Waals surface area contributed by atoms with Crippen molar-refractivity contribution in [3.8, 4) is 11.5 Å². The highest BCUT2D eigenvalue weighted by Gasteiger charge is 2.28. The fourth-order valence-electron chi connectivity index (χ4n) is 3.38. The number of carbonyl (C=O) groups is 2. The maximum Gasteiger partial charge on any atom is 0.242 e. The van der Waals surface area contributed by atoms with Crippen LogP contribution in [0.25, 0.3) is 0 Å². The molecule has 1 aliphatic rings. The molecular formula is C24H28Cl2N2O4. The molecule has 0 unspecified atom stereocenters. The number of halogens is 2. The summed E-state index contributed by atoms with van der Waals surface area (Å²) < 4.78 is 10.8. The van der Waals surface area contributed by atoms with Gasteiger partial charge in [-0.25, -0.2) is 0 Å². The fourth-order valence-corrected chi connectivity index (χ4v) is 3.70. The normalized spacial score (nSPS) is 13.6. The van der Waals surface area contributed by atoms with Gasteiger partial charge in [-0.2, -0.15) is 0 Å². The first kappa shape index (κ1) is 24.2. The first-order valence-electron chi connectivity index (χ1n) is 10.5. The molecule has 2 aromatic carbocycles. The van der Waals surface area contributed by atoms with Gasteiger partial charge in [0.25, 0.3) is 0 Å². The second-order valence-corrected chi connectivity index (χ2v) is 9.69. The van der Waals surface area contributed by atoms with Gasteiger partial charge in [0.1, 0.15) is 6.04 Å². The van der Waals surface area contributed by atoms with E-state index >= 15 is 0 Å². The molecule has 1 aliphatic heterocycles. The molecule has 32 heavy (non-hydrogen) atoms. The van der Waals surface area contributed by atoms with E-state index in [1.165, 1.54) is 0 Å². The highest BCUT2D eigenvalue weighted by atomic mass is 35.5. The zero-order valence-electron chi connectivity index (χ0n) is 18.7. The Balaban J connectivity index is 1.75. The molecule has 172 valence electrons. The first-order valence-corrected chi connectivity index (χ1v) is 11.2. The second-order valence-electron chi connectivity index (χ2n) is 8.87. The molecule has 0 spiro atoms. The largest absolute Gasteiger partial charge is 0.454 e. The van der Waals surface area contributed by atoms with E-state index in [1.54, 1.807) is 30.0 Å². The zero-order chi connectivity index (χ0) is 23.5. The monoisotopic (exact) mass is 478 g/mol. The van der Waals surface area contributed by atoms with Crippen LogP contribution in [0.3, 0.4) is 0 Å². The van der Waals surface area contributed by atoms with Crippen LogP contribution in [-0.4, -0.2) is 35.1 Å². The van der Waals surface area contributed by atoms with Crippen molar-refractivity contribution in [2.24, 2.45) is 0 Å². The third-order valence-electron chi connectivity index (χ3n) is 5.07. The molecule has 0 aromatic heterocycles. The van der Waals surface area contributed by atoms with Crippen LogP contribution in [-0.2, 0) is 22.6 Å². The average Bonchev–Trinajstić information content (AvgIpc) is 3.19. The van der Waals surface area contributed by atoms with Crippen molar-refractivity contribution in [2.75, 3.05) is 6.79 Å². The summed E-state index contributed by atoms with van der Waals surface area (Å²) in [5, 5.41) is 3.80. The molecule has 0 fully saturated rings. The van der Waals surface area contributed by atoms with E-state index in [2.05, 4.69) is 5.32 Å². The van der Waals surface area contributed by atoms with E-state index in [0.29, 0.717) is 28.0 Å². The summed E-state index contributed by atoms with van der Waals surface area (Å²) >= 11 is 12.2. The second kappa shape index (κ2) is 10.0. The highest BCUT2D eigenvalue weighted by molar-refractivity contribution is 6.42. The molecule has 1 N–H and O–H groups in total. The molecule has 0 bridgehead atoms. The molecule has 6 nitrogen and oxygen atoms in total. The third kappa shape index (κ3) is 6.30. The number of nitrogens with one attached hydrogen (secondary N) is 1. The van der Waals surface area contributed by atoms with Crippen molar-refractivity contribution in [3.05, 3.63) is 57.6 Å². The number of amides is 2. The summed E-state index contributed by atoms with van der Waals surface area (Å²) in [7, 11) is 0. The topological polar surface area (TPSA) is 67.9 Å². The Kier molecular flexibility index (Phi) is 7.57. The number of hydrogen-bond acceptors (Lipinski definition) is 4. The van der Waals surface area contributed by atoms with Gasteiger partial charge in [-0.05, 0) is 69.5 Å². The van der Waals surface area contributed by atoms with Crippen LogP contribution in [0.5, 0.6) is 11.5 Å². The van der Waals surface area contributed by atoms with Crippen LogP contribution in [0.4, 0.5) is 0 Å². The van der Waals surface area contributed by atoms with Crippen molar-refractivity contribution < 1.29 is 19.1 Å². The number of aryl methyl sites for hydroxylation is 1. The highest BCUT2D eigenvalue weighted by Crippen LogP contribution is 2.33. The van der Waals surface area contributed by atoms with Crippen LogP contribution >= 0.6 is 23.2 Å². The van der Waals surface area contributed by atoms with Crippen molar-refractivity contribution in [1.82, 2.24) is 10.2 Å². The van der Waals surface area contributed by atoms with Gasteiger partial charge < -0.3 is 19.7 Å². The Morgan fingerprint density at radius 1 is 1.03 bits per heavy atom. The van der Waals surface area contributed by atoms with E-state index in [4.69, 9.17) is 32.7 Å². The number of nitrogens with zero attached hydrogens (tertiary/aromatic N) is 1. The van der Waals surface area contributed by atoms with Crippen molar-refractivity contribution in [3.63, 3.8) is 0 Å². The van der Waals surface area contributed by atoms with E-state index in [9.17, 15) is 9.59 Å². The maximum atomic E-state index is 13.2. The Morgan fingerprint density at radius 2 is 1.72 bits per heavy atom. The van der Waals surface area contributed by atoms with Gasteiger partial charge in [-0.1, -0.05) is 35.3 Å². The molecule has 3 rings (SSSR count). The summed E-state index contributed by atoms with van der Waals surface area (Å²) in [5.74, 6) is 1.04. The van der Waals surface area contributed by atoms with Crippen molar-refractivity contribution in [1.29, 1.82) is 0 Å². The molecule has 0 aliphatic carbocycles. The van der Waals surface area contributed by atoms with Crippen LogP contribution in [0.1, 0.15) is 45.2 Å². The molecule has 8 heteroatoms. The SMILES string of the molecule is C[C@H](C(=O)NC(C)(C)C)N(Cc1ccc(Cl)c(Cl)c1)C(=O)CCc1ccc2c(c1)OCO2. The summed E-state index contributed by atoms with van der Waals surface area (Å²) in [6, 6.07) is 10.2. The van der Waals surface area contributed by atoms with Crippen LogP contribution in [0, 0.1) is 0 Å². The molecular weight excluding hydrogens is 451 g/mol. The quantitative estimate of drug-likeness (QED) is 0.608. The molecule has 0 saturated carbocycles. The number of rotatable bonds is 7. The summed E-state index contributed by atoms with van der Waals surface area (Å²) in [5.41, 5.74) is 1.35. The van der Waals surface area contributed by atoms with E-state index in [0.717, 1.165) is 11.1 Å². The minimum atomic E-state index is -0.659. The van der Waals surface area contributed by atoms with Crippen molar-refractivity contribution in [2.45, 2.75) is 58.7 Å². The molecule has 0 saturated heterocycles.